The van der Waals surface area contributed by atoms with Gasteiger partial charge in [-0.15, -0.1) is 0 Å². The lowest BCUT2D eigenvalue weighted by Gasteiger charge is -2.31. The molecule has 2 rings (SSSR count). The third kappa shape index (κ3) is 4.78. The molecule has 1 saturated heterocycles. The number of allylic oxidation sites excluding steroid dienone is 1. The van der Waals surface area contributed by atoms with Crippen molar-refractivity contribution < 1.29 is 14.3 Å². The van der Waals surface area contributed by atoms with E-state index in [1.165, 1.54) is 10.3 Å². The van der Waals surface area contributed by atoms with Crippen molar-refractivity contribution in [2.45, 2.75) is 39.0 Å². The Kier molecular flexibility index (Phi) is 5.84. The SMILES string of the molecule is CC(C)=CCO[C@@H]1CCOC[C@@H]1NC(=O)Cn1nnnc1N. The predicted octanol–water partition coefficient (Wildman–Crippen LogP) is -0.488. The second kappa shape index (κ2) is 7.85. The predicted molar refractivity (Wildman–Crippen MR) is 78.8 cm³/mol. The zero-order chi connectivity index (χ0) is 15.9. The fourth-order valence-electron chi connectivity index (χ4n) is 2.10. The summed E-state index contributed by atoms with van der Waals surface area (Å²) in [5, 5.41) is 13.5. The van der Waals surface area contributed by atoms with Gasteiger partial charge in [0.25, 0.3) is 0 Å². The summed E-state index contributed by atoms with van der Waals surface area (Å²) in [5.41, 5.74) is 6.73. The highest BCUT2D eigenvalue weighted by Crippen LogP contribution is 2.12. The Bertz CT molecular complexity index is 526. The lowest BCUT2D eigenvalue weighted by molar-refractivity contribution is -0.126. The molecular weight excluding hydrogens is 288 g/mol. The van der Waals surface area contributed by atoms with Crippen molar-refractivity contribution in [3.8, 4) is 0 Å². The van der Waals surface area contributed by atoms with E-state index in [1.807, 2.05) is 19.9 Å². The van der Waals surface area contributed by atoms with E-state index in [0.717, 1.165) is 6.42 Å². The first-order valence-electron chi connectivity index (χ1n) is 7.20. The number of carbonyl (C=O) groups is 1. The van der Waals surface area contributed by atoms with Crippen LogP contribution in [0.15, 0.2) is 11.6 Å². The number of aromatic nitrogens is 4. The molecule has 0 aromatic carbocycles. The van der Waals surface area contributed by atoms with Gasteiger partial charge >= 0.3 is 0 Å². The number of ether oxygens (including phenoxy) is 2. The summed E-state index contributed by atoms with van der Waals surface area (Å²) in [6, 6.07) is -0.190. The Labute approximate surface area is 128 Å². The van der Waals surface area contributed by atoms with Crippen LogP contribution in [0.1, 0.15) is 20.3 Å². The number of carbonyl (C=O) groups excluding carboxylic acids is 1. The number of nitrogen functional groups attached to an aromatic ring is 1. The van der Waals surface area contributed by atoms with Crippen molar-refractivity contribution in [1.29, 1.82) is 0 Å². The van der Waals surface area contributed by atoms with Crippen molar-refractivity contribution in [3.63, 3.8) is 0 Å². The Hall–Kier alpha value is -2.00. The minimum atomic E-state index is -0.231. The normalized spacial score (nSPS) is 21.4. The molecule has 3 N–H and O–H groups in total. The highest BCUT2D eigenvalue weighted by atomic mass is 16.5. The molecule has 0 saturated carbocycles. The van der Waals surface area contributed by atoms with Gasteiger partial charge in [0.15, 0.2) is 0 Å². The number of rotatable bonds is 6. The van der Waals surface area contributed by atoms with Crippen LogP contribution in [0.2, 0.25) is 0 Å². The molecule has 0 spiro atoms. The van der Waals surface area contributed by atoms with Crippen LogP contribution >= 0.6 is 0 Å². The third-order valence-corrected chi connectivity index (χ3v) is 3.29. The van der Waals surface area contributed by atoms with E-state index in [2.05, 4.69) is 20.8 Å². The van der Waals surface area contributed by atoms with Gasteiger partial charge in [-0.1, -0.05) is 16.7 Å². The molecule has 2 atom stereocenters. The molecule has 1 amide bonds. The first-order chi connectivity index (χ1) is 10.6. The smallest absolute Gasteiger partial charge is 0.242 e. The molecule has 0 radical (unpaired) electrons. The topological polar surface area (TPSA) is 117 Å². The summed E-state index contributed by atoms with van der Waals surface area (Å²) in [4.78, 5) is 12.1. The van der Waals surface area contributed by atoms with Crippen LogP contribution in [-0.2, 0) is 20.8 Å². The molecule has 22 heavy (non-hydrogen) atoms. The van der Waals surface area contributed by atoms with E-state index in [-0.39, 0.29) is 30.5 Å². The first kappa shape index (κ1) is 16.4. The Morgan fingerprint density at radius 2 is 2.41 bits per heavy atom. The molecule has 0 bridgehead atoms. The van der Waals surface area contributed by atoms with E-state index in [4.69, 9.17) is 15.2 Å². The fraction of sp³-hybridized carbons (Fsp3) is 0.692. The number of nitrogens with one attached hydrogen (secondary N) is 1. The van der Waals surface area contributed by atoms with Crippen LogP contribution < -0.4 is 11.1 Å². The molecule has 0 unspecified atom stereocenters. The Morgan fingerprint density at radius 3 is 3.09 bits per heavy atom. The molecule has 1 aromatic heterocycles. The van der Waals surface area contributed by atoms with E-state index in [0.29, 0.717) is 19.8 Å². The Balaban J connectivity index is 1.86. The number of hydrogen-bond acceptors (Lipinski definition) is 7. The van der Waals surface area contributed by atoms with E-state index in [1.54, 1.807) is 0 Å². The van der Waals surface area contributed by atoms with Crippen molar-refractivity contribution in [3.05, 3.63) is 11.6 Å². The molecule has 122 valence electrons. The van der Waals surface area contributed by atoms with Crippen LogP contribution in [-0.4, -0.2) is 58.1 Å². The summed E-state index contributed by atoms with van der Waals surface area (Å²) < 4.78 is 12.5. The van der Waals surface area contributed by atoms with Crippen LogP contribution in [0.4, 0.5) is 5.95 Å². The zero-order valence-corrected chi connectivity index (χ0v) is 12.9. The number of hydrogen-bond donors (Lipinski definition) is 2. The molecule has 1 aliphatic rings. The van der Waals surface area contributed by atoms with Gasteiger partial charge in [0.1, 0.15) is 6.54 Å². The fourth-order valence-corrected chi connectivity index (χ4v) is 2.10. The van der Waals surface area contributed by atoms with Gasteiger partial charge in [-0.2, -0.15) is 0 Å². The number of tetrazole rings is 1. The largest absolute Gasteiger partial charge is 0.379 e. The van der Waals surface area contributed by atoms with Gasteiger partial charge < -0.3 is 20.5 Å². The highest BCUT2D eigenvalue weighted by Gasteiger charge is 2.28. The average molecular weight is 310 g/mol. The second-order valence-corrected chi connectivity index (χ2v) is 5.39. The summed E-state index contributed by atoms with van der Waals surface area (Å²) in [6.07, 6.45) is 2.68. The molecular formula is C13H22N6O3. The number of anilines is 1. The van der Waals surface area contributed by atoms with Gasteiger partial charge in [0, 0.05) is 6.61 Å². The van der Waals surface area contributed by atoms with Crippen LogP contribution in [0.25, 0.3) is 0 Å². The van der Waals surface area contributed by atoms with Crippen LogP contribution in [0.3, 0.4) is 0 Å². The van der Waals surface area contributed by atoms with Gasteiger partial charge in [-0.05, 0) is 30.7 Å². The number of nitrogens with two attached hydrogens (primary N) is 1. The summed E-state index contributed by atoms with van der Waals surface area (Å²) >= 11 is 0. The first-order valence-corrected chi connectivity index (χ1v) is 7.20. The average Bonchev–Trinajstić information content (AvgIpc) is 2.85. The monoisotopic (exact) mass is 310 g/mol. The lowest BCUT2D eigenvalue weighted by atomic mass is 10.1. The number of amides is 1. The molecule has 9 nitrogen and oxygen atoms in total. The minimum absolute atomic E-state index is 0.0317. The van der Waals surface area contributed by atoms with Gasteiger partial charge in [-0.25, -0.2) is 4.68 Å². The van der Waals surface area contributed by atoms with E-state index >= 15 is 0 Å². The summed E-state index contributed by atoms with van der Waals surface area (Å²) in [5.74, 6) is -0.128. The van der Waals surface area contributed by atoms with E-state index in [9.17, 15) is 4.79 Å². The van der Waals surface area contributed by atoms with Crippen molar-refractivity contribution in [2.24, 2.45) is 0 Å². The van der Waals surface area contributed by atoms with Gasteiger partial charge in [0.2, 0.25) is 11.9 Å². The maximum Gasteiger partial charge on any atom is 0.242 e. The Morgan fingerprint density at radius 1 is 1.59 bits per heavy atom. The summed E-state index contributed by atoms with van der Waals surface area (Å²) in [7, 11) is 0. The molecule has 0 aliphatic carbocycles. The maximum absolute atomic E-state index is 12.1. The third-order valence-electron chi connectivity index (χ3n) is 3.29. The molecule has 1 aliphatic heterocycles. The van der Waals surface area contributed by atoms with Gasteiger partial charge in [0.05, 0.1) is 25.4 Å². The van der Waals surface area contributed by atoms with Crippen LogP contribution in [0.5, 0.6) is 0 Å². The van der Waals surface area contributed by atoms with Gasteiger partial charge in [-0.3, -0.25) is 4.79 Å². The quantitative estimate of drug-likeness (QED) is 0.681. The second-order valence-electron chi connectivity index (χ2n) is 5.39. The zero-order valence-electron chi connectivity index (χ0n) is 12.9. The summed E-state index contributed by atoms with van der Waals surface area (Å²) in [6.45, 7) is 5.59. The standard InChI is InChI=1S/C13H22N6O3/c1-9(2)3-6-22-11-4-5-21-8-10(11)15-12(20)7-19-13(14)16-17-18-19/h3,10-11H,4-8H2,1-2H3,(H,15,20)(H2,14,16,18)/t10-,11+/m0/s1. The van der Waals surface area contributed by atoms with Crippen molar-refractivity contribution in [2.75, 3.05) is 25.6 Å². The highest BCUT2D eigenvalue weighted by molar-refractivity contribution is 5.76. The lowest BCUT2D eigenvalue weighted by Crippen LogP contribution is -2.51. The maximum atomic E-state index is 12.1. The molecule has 9 heteroatoms. The van der Waals surface area contributed by atoms with Crippen molar-refractivity contribution >= 4 is 11.9 Å². The molecule has 2 heterocycles. The molecule has 1 aromatic rings. The van der Waals surface area contributed by atoms with Crippen molar-refractivity contribution in [1.82, 2.24) is 25.5 Å². The number of nitrogens with zero attached hydrogens (tertiary/aromatic N) is 4. The van der Waals surface area contributed by atoms with Crippen LogP contribution in [0, 0.1) is 0 Å². The molecule has 1 fully saturated rings. The van der Waals surface area contributed by atoms with E-state index < -0.39 is 0 Å². The minimum Gasteiger partial charge on any atom is -0.379 e.